The lowest BCUT2D eigenvalue weighted by Crippen LogP contribution is -2.20. The van der Waals surface area contributed by atoms with Crippen molar-refractivity contribution in [2.24, 2.45) is 0 Å². The van der Waals surface area contributed by atoms with E-state index in [1.807, 2.05) is 31.3 Å². The fraction of sp³-hybridized carbons (Fsp3) is 0.611. The molecule has 1 aromatic carbocycles. The third kappa shape index (κ3) is 6.43. The van der Waals surface area contributed by atoms with Crippen LogP contribution in [-0.4, -0.2) is 29.0 Å². The van der Waals surface area contributed by atoms with Gasteiger partial charge in [0.2, 0.25) is 5.91 Å². The molecule has 2 rings (SSSR count). The van der Waals surface area contributed by atoms with E-state index in [1.54, 1.807) is 0 Å². The van der Waals surface area contributed by atoms with Gasteiger partial charge in [-0.2, -0.15) is 0 Å². The van der Waals surface area contributed by atoms with Crippen LogP contribution in [0, 0.1) is 0 Å². The van der Waals surface area contributed by atoms with E-state index in [0.29, 0.717) is 17.4 Å². The average molecular weight is 337 g/mol. The fourth-order valence-electron chi connectivity index (χ4n) is 3.00. The van der Waals surface area contributed by atoms with Gasteiger partial charge in [0.1, 0.15) is 0 Å². The first-order valence-corrected chi connectivity index (χ1v) is 9.98. The highest BCUT2D eigenvalue weighted by Gasteiger charge is 2.19. The third-order valence-electron chi connectivity index (χ3n) is 4.27. The van der Waals surface area contributed by atoms with Gasteiger partial charge in [-0.25, -0.2) is 0 Å². The summed E-state index contributed by atoms with van der Waals surface area (Å²) in [5, 5.41) is 6.31. The standard InChI is InChI=1S/C18H28N2O2S/c1-19-12-6-11-18(21)20-16-8-5-7-15(13-16)14-23(22)17-9-3-2-4-10-17/h5,7-8,13,17,19H,2-4,6,9-12,14H2,1H3,(H,20,21). The predicted molar refractivity (Wildman–Crippen MR) is 97.0 cm³/mol. The van der Waals surface area contributed by atoms with Crippen molar-refractivity contribution in [3.05, 3.63) is 29.8 Å². The number of benzene rings is 1. The van der Waals surface area contributed by atoms with E-state index in [1.165, 1.54) is 19.3 Å². The Hall–Kier alpha value is -1.20. The molecule has 0 aliphatic heterocycles. The van der Waals surface area contributed by atoms with Crippen LogP contribution in [0.4, 0.5) is 5.69 Å². The van der Waals surface area contributed by atoms with Crippen LogP contribution in [0.1, 0.15) is 50.5 Å². The molecule has 128 valence electrons. The predicted octanol–water partition coefficient (Wildman–Crippen LogP) is 3.21. The van der Waals surface area contributed by atoms with Gasteiger partial charge < -0.3 is 10.6 Å². The number of nitrogens with one attached hydrogen (secondary N) is 2. The van der Waals surface area contributed by atoms with Crippen molar-refractivity contribution in [2.45, 2.75) is 55.9 Å². The van der Waals surface area contributed by atoms with Crippen molar-refractivity contribution in [1.29, 1.82) is 0 Å². The lowest BCUT2D eigenvalue weighted by molar-refractivity contribution is -0.116. The number of amides is 1. The van der Waals surface area contributed by atoms with E-state index in [0.717, 1.165) is 37.1 Å². The minimum absolute atomic E-state index is 0.0332. The molecule has 0 aromatic heterocycles. The Kier molecular flexibility index (Phi) is 7.76. The molecule has 2 N–H and O–H groups in total. The smallest absolute Gasteiger partial charge is 0.224 e. The van der Waals surface area contributed by atoms with Crippen molar-refractivity contribution in [1.82, 2.24) is 5.32 Å². The maximum atomic E-state index is 12.5. The van der Waals surface area contributed by atoms with Crippen LogP contribution >= 0.6 is 0 Å². The van der Waals surface area contributed by atoms with Crippen molar-refractivity contribution in [3.63, 3.8) is 0 Å². The molecule has 1 amide bonds. The molecule has 5 heteroatoms. The lowest BCUT2D eigenvalue weighted by atomic mass is 10.0. The quantitative estimate of drug-likeness (QED) is 0.717. The van der Waals surface area contributed by atoms with Crippen LogP contribution in [0.25, 0.3) is 0 Å². The summed E-state index contributed by atoms with van der Waals surface area (Å²) in [7, 11) is 1.08. The highest BCUT2D eigenvalue weighted by Crippen LogP contribution is 2.24. The second-order valence-electron chi connectivity index (χ2n) is 6.24. The first-order chi connectivity index (χ1) is 11.2. The molecule has 0 bridgehead atoms. The molecule has 1 fully saturated rings. The largest absolute Gasteiger partial charge is 0.326 e. The number of rotatable bonds is 8. The highest BCUT2D eigenvalue weighted by molar-refractivity contribution is 7.84. The summed E-state index contributed by atoms with van der Waals surface area (Å²) >= 11 is 0. The molecule has 1 unspecified atom stereocenters. The summed E-state index contributed by atoms with van der Waals surface area (Å²) in [5.41, 5.74) is 1.85. The molecule has 0 spiro atoms. The Morgan fingerprint density at radius 1 is 1.26 bits per heavy atom. The maximum Gasteiger partial charge on any atom is 0.224 e. The van der Waals surface area contributed by atoms with E-state index in [-0.39, 0.29) is 5.91 Å². The van der Waals surface area contributed by atoms with Crippen LogP contribution in [0.2, 0.25) is 0 Å². The van der Waals surface area contributed by atoms with Gasteiger partial charge in [0.05, 0.1) is 0 Å². The molecule has 0 radical (unpaired) electrons. The van der Waals surface area contributed by atoms with Gasteiger partial charge in [-0.3, -0.25) is 9.00 Å². The number of carbonyl (C=O) groups excluding carboxylic acids is 1. The highest BCUT2D eigenvalue weighted by atomic mass is 32.2. The maximum absolute atomic E-state index is 12.5. The number of hydrogen-bond acceptors (Lipinski definition) is 3. The summed E-state index contributed by atoms with van der Waals surface area (Å²) in [6, 6.07) is 7.77. The molecule has 1 aromatic rings. The Morgan fingerprint density at radius 3 is 2.78 bits per heavy atom. The average Bonchev–Trinajstić information content (AvgIpc) is 2.56. The van der Waals surface area contributed by atoms with Gasteiger partial charge >= 0.3 is 0 Å². The normalized spacial score (nSPS) is 16.9. The second kappa shape index (κ2) is 9.83. The van der Waals surface area contributed by atoms with Crippen LogP contribution in [0.15, 0.2) is 24.3 Å². The minimum atomic E-state index is -0.805. The van der Waals surface area contributed by atoms with Gasteiger partial charge in [-0.15, -0.1) is 0 Å². The first kappa shape index (κ1) is 18.1. The van der Waals surface area contributed by atoms with E-state index >= 15 is 0 Å². The van der Waals surface area contributed by atoms with E-state index in [9.17, 15) is 9.00 Å². The zero-order valence-corrected chi connectivity index (χ0v) is 14.8. The summed E-state index contributed by atoms with van der Waals surface area (Å²) in [6.45, 7) is 0.841. The fourth-order valence-corrected chi connectivity index (χ4v) is 4.60. The topological polar surface area (TPSA) is 58.2 Å². The number of carbonyl (C=O) groups is 1. The van der Waals surface area contributed by atoms with Crippen molar-refractivity contribution >= 4 is 22.4 Å². The molecule has 1 aliphatic rings. The van der Waals surface area contributed by atoms with Crippen LogP contribution in [0.5, 0.6) is 0 Å². The number of anilines is 1. The molecule has 4 nitrogen and oxygen atoms in total. The van der Waals surface area contributed by atoms with Crippen LogP contribution < -0.4 is 10.6 Å². The summed E-state index contributed by atoms with van der Waals surface area (Å²) < 4.78 is 12.5. The molecule has 0 heterocycles. The molecular weight excluding hydrogens is 308 g/mol. The van der Waals surface area contributed by atoms with Gasteiger partial charge in [-0.05, 0) is 50.6 Å². The monoisotopic (exact) mass is 336 g/mol. The van der Waals surface area contributed by atoms with E-state index in [4.69, 9.17) is 0 Å². The number of hydrogen-bond donors (Lipinski definition) is 2. The Labute approximate surface area is 141 Å². The Bertz CT molecular complexity index is 528. The van der Waals surface area contributed by atoms with Crippen molar-refractivity contribution in [3.8, 4) is 0 Å². The molecule has 1 saturated carbocycles. The van der Waals surface area contributed by atoms with E-state index in [2.05, 4.69) is 10.6 Å². The molecule has 1 atom stereocenters. The lowest BCUT2D eigenvalue weighted by Gasteiger charge is -2.21. The molecule has 23 heavy (non-hydrogen) atoms. The zero-order chi connectivity index (χ0) is 16.5. The Balaban J connectivity index is 1.86. The van der Waals surface area contributed by atoms with Gasteiger partial charge in [-0.1, -0.05) is 31.4 Å². The first-order valence-electron chi connectivity index (χ1n) is 8.59. The minimum Gasteiger partial charge on any atom is -0.326 e. The van der Waals surface area contributed by atoms with Gasteiger partial charge in [0.25, 0.3) is 0 Å². The van der Waals surface area contributed by atoms with Crippen LogP contribution in [0.3, 0.4) is 0 Å². The third-order valence-corrected chi connectivity index (χ3v) is 6.11. The Morgan fingerprint density at radius 2 is 2.04 bits per heavy atom. The molecule has 1 aliphatic carbocycles. The summed E-state index contributed by atoms with van der Waals surface area (Å²) in [5.74, 6) is 0.625. The van der Waals surface area contributed by atoms with Crippen molar-refractivity contribution in [2.75, 3.05) is 18.9 Å². The van der Waals surface area contributed by atoms with Crippen LogP contribution in [-0.2, 0) is 21.3 Å². The SMILES string of the molecule is CNCCCC(=O)Nc1cccc(CS(=O)C2CCCCC2)c1. The van der Waals surface area contributed by atoms with E-state index < -0.39 is 10.8 Å². The zero-order valence-electron chi connectivity index (χ0n) is 14.0. The molecule has 0 saturated heterocycles. The molecular formula is C18H28N2O2S. The van der Waals surface area contributed by atoms with Gasteiger partial charge in [0, 0.05) is 33.9 Å². The summed E-state index contributed by atoms with van der Waals surface area (Å²) in [6.07, 6.45) is 7.22. The van der Waals surface area contributed by atoms with Gasteiger partial charge in [0.15, 0.2) is 0 Å². The summed E-state index contributed by atoms with van der Waals surface area (Å²) in [4.78, 5) is 11.9. The van der Waals surface area contributed by atoms with Crippen molar-refractivity contribution < 1.29 is 9.00 Å². The second-order valence-corrected chi connectivity index (χ2v) is 7.96.